The number of rotatable bonds is 5. The normalized spacial score (nSPS) is 11.1. The maximum Gasteiger partial charge on any atom is 0.245 e. The molecule has 0 atom stereocenters. The minimum absolute atomic E-state index is 0.0170. The highest BCUT2D eigenvalue weighted by Gasteiger charge is 2.22. The van der Waals surface area contributed by atoms with Gasteiger partial charge in [-0.15, -0.1) is 0 Å². The van der Waals surface area contributed by atoms with Gasteiger partial charge in [-0.1, -0.05) is 0 Å². The van der Waals surface area contributed by atoms with Gasteiger partial charge in [-0.25, -0.2) is 9.37 Å². The van der Waals surface area contributed by atoms with Gasteiger partial charge in [-0.05, 0) is 38.1 Å². The number of ether oxygens (including phenoxy) is 1. The fourth-order valence-electron chi connectivity index (χ4n) is 2.52. The molecule has 0 radical (unpaired) electrons. The number of aromatic nitrogens is 4. The van der Waals surface area contributed by atoms with E-state index < -0.39 is 0 Å². The first-order valence-electron chi connectivity index (χ1n) is 8.06. The Morgan fingerprint density at radius 1 is 1.27 bits per heavy atom. The van der Waals surface area contributed by atoms with Crippen molar-refractivity contribution >= 4 is 23.0 Å². The average molecular weight is 358 g/mol. The van der Waals surface area contributed by atoms with Gasteiger partial charge in [0.25, 0.3) is 0 Å². The number of imidazole rings is 1. The van der Waals surface area contributed by atoms with Crippen LogP contribution >= 0.6 is 0 Å². The van der Waals surface area contributed by atoms with Gasteiger partial charge in [0.15, 0.2) is 11.2 Å². The highest BCUT2D eigenvalue weighted by molar-refractivity contribution is 5.85. The third-order valence-electron chi connectivity index (χ3n) is 3.62. The molecule has 1 aromatic carbocycles. The number of nitrogens with two attached hydrogens (primary N) is 1. The van der Waals surface area contributed by atoms with Gasteiger partial charge >= 0.3 is 0 Å². The number of anilines is 1. The maximum atomic E-state index is 13.3. The summed E-state index contributed by atoms with van der Waals surface area (Å²) in [5, 5.41) is 2.57. The first kappa shape index (κ1) is 17.6. The zero-order valence-corrected chi connectivity index (χ0v) is 14.7. The minimum Gasteiger partial charge on any atom is -0.473 e. The Morgan fingerprint density at radius 2 is 1.96 bits per heavy atom. The summed E-state index contributed by atoms with van der Waals surface area (Å²) in [5.74, 6) is 0.100. The molecule has 3 rings (SSSR count). The summed E-state index contributed by atoms with van der Waals surface area (Å²) in [6.45, 7) is 3.68. The van der Waals surface area contributed by atoms with E-state index in [9.17, 15) is 9.18 Å². The summed E-state index contributed by atoms with van der Waals surface area (Å²) < 4.78 is 20.7. The second-order valence-corrected chi connectivity index (χ2v) is 5.93. The van der Waals surface area contributed by atoms with E-state index in [1.54, 1.807) is 23.7 Å². The Kier molecular flexibility index (Phi) is 4.70. The van der Waals surface area contributed by atoms with Crippen LogP contribution in [-0.2, 0) is 11.3 Å². The van der Waals surface area contributed by atoms with Crippen molar-refractivity contribution in [2.45, 2.75) is 26.5 Å². The third-order valence-corrected chi connectivity index (χ3v) is 3.62. The lowest BCUT2D eigenvalue weighted by Crippen LogP contribution is -2.24. The van der Waals surface area contributed by atoms with Crippen LogP contribution in [0.2, 0.25) is 0 Å². The highest BCUT2D eigenvalue weighted by atomic mass is 19.1. The first-order valence-corrected chi connectivity index (χ1v) is 8.06. The number of nitrogens with zero attached hydrogens (tertiary/aromatic N) is 4. The number of likely N-dealkylation sites (N-methyl/N-ethyl adjacent to an activating group) is 1. The van der Waals surface area contributed by atoms with Crippen LogP contribution in [0.1, 0.15) is 13.8 Å². The summed E-state index contributed by atoms with van der Waals surface area (Å²) in [7, 11) is 1.54. The van der Waals surface area contributed by atoms with Crippen molar-refractivity contribution in [1.82, 2.24) is 24.8 Å². The molecule has 9 heteroatoms. The predicted octanol–water partition coefficient (Wildman–Crippen LogP) is 1.75. The van der Waals surface area contributed by atoms with E-state index in [2.05, 4.69) is 20.3 Å². The third kappa shape index (κ3) is 3.41. The van der Waals surface area contributed by atoms with Crippen molar-refractivity contribution in [3.05, 3.63) is 30.1 Å². The van der Waals surface area contributed by atoms with Gasteiger partial charge in [-0.3, -0.25) is 4.79 Å². The average Bonchev–Trinajstić information content (AvgIpc) is 2.93. The number of fused-ring (bicyclic) bond motifs is 1. The molecule has 0 unspecified atom stereocenters. The number of carbonyl (C=O) groups excluding carboxylic acids is 1. The van der Waals surface area contributed by atoms with Crippen LogP contribution in [0.5, 0.6) is 5.88 Å². The molecule has 0 spiro atoms. The van der Waals surface area contributed by atoms with Gasteiger partial charge < -0.3 is 20.4 Å². The van der Waals surface area contributed by atoms with Gasteiger partial charge in [0.2, 0.25) is 17.7 Å². The standard InChI is InChI=1S/C17H19FN6O2/c1-9(2)26-16-13-14(22-17(19)23-16)21-15(24(13)8-12(25)20-3)10-4-6-11(18)7-5-10/h4-7,9H,8H2,1-3H3,(H,20,25)(H2,19,22,23). The van der Waals surface area contributed by atoms with E-state index in [1.807, 2.05) is 13.8 Å². The molecule has 0 aliphatic carbocycles. The SMILES string of the molecule is CNC(=O)Cn1c(-c2ccc(F)cc2)nc2nc(N)nc(OC(C)C)c21. The molecule has 136 valence electrons. The number of halogens is 1. The minimum atomic E-state index is -0.365. The predicted molar refractivity (Wildman–Crippen MR) is 95.0 cm³/mol. The van der Waals surface area contributed by atoms with Gasteiger partial charge in [0.1, 0.15) is 18.2 Å². The Morgan fingerprint density at radius 3 is 2.58 bits per heavy atom. The fourth-order valence-corrected chi connectivity index (χ4v) is 2.52. The molecule has 0 bridgehead atoms. The molecule has 0 saturated carbocycles. The Balaban J connectivity index is 2.27. The molecule has 8 nitrogen and oxygen atoms in total. The largest absolute Gasteiger partial charge is 0.473 e. The molecule has 3 N–H and O–H groups in total. The number of amides is 1. The first-order chi connectivity index (χ1) is 12.4. The van der Waals surface area contributed by atoms with E-state index >= 15 is 0 Å². The van der Waals surface area contributed by atoms with Gasteiger partial charge in [-0.2, -0.15) is 9.97 Å². The number of carbonyl (C=O) groups is 1. The molecule has 2 aromatic heterocycles. The van der Waals surface area contributed by atoms with Crippen molar-refractivity contribution in [2.75, 3.05) is 12.8 Å². The van der Waals surface area contributed by atoms with E-state index in [-0.39, 0.29) is 36.2 Å². The zero-order chi connectivity index (χ0) is 18.8. The number of hydrogen-bond donors (Lipinski definition) is 2. The number of benzene rings is 1. The summed E-state index contributed by atoms with van der Waals surface area (Å²) in [6, 6.07) is 5.81. The molecule has 3 aromatic rings. The maximum absolute atomic E-state index is 13.3. The molecule has 26 heavy (non-hydrogen) atoms. The van der Waals surface area contributed by atoms with Crippen molar-refractivity contribution in [3.8, 4) is 17.3 Å². The zero-order valence-electron chi connectivity index (χ0n) is 14.7. The molecule has 0 aliphatic heterocycles. The van der Waals surface area contributed by atoms with E-state index in [0.29, 0.717) is 22.6 Å². The fraction of sp³-hybridized carbons (Fsp3) is 0.294. The van der Waals surface area contributed by atoms with Crippen molar-refractivity contribution < 1.29 is 13.9 Å². The molecular weight excluding hydrogens is 339 g/mol. The van der Waals surface area contributed by atoms with Gasteiger partial charge in [0, 0.05) is 12.6 Å². The molecule has 0 saturated heterocycles. The van der Waals surface area contributed by atoms with Crippen molar-refractivity contribution in [2.24, 2.45) is 0 Å². The monoisotopic (exact) mass is 358 g/mol. The summed E-state index contributed by atoms with van der Waals surface area (Å²) in [6.07, 6.45) is -0.162. The second kappa shape index (κ2) is 6.95. The molecular formula is C17H19FN6O2. The van der Waals surface area contributed by atoms with Crippen LogP contribution in [0.4, 0.5) is 10.3 Å². The number of hydrogen-bond acceptors (Lipinski definition) is 6. The van der Waals surface area contributed by atoms with Crippen molar-refractivity contribution in [3.63, 3.8) is 0 Å². The Hall–Kier alpha value is -3.23. The van der Waals surface area contributed by atoms with Crippen molar-refractivity contribution in [1.29, 1.82) is 0 Å². The quantitative estimate of drug-likeness (QED) is 0.719. The van der Waals surface area contributed by atoms with E-state index in [1.165, 1.54) is 12.1 Å². The van der Waals surface area contributed by atoms with Crippen LogP contribution in [0.25, 0.3) is 22.6 Å². The highest BCUT2D eigenvalue weighted by Crippen LogP contribution is 2.30. The lowest BCUT2D eigenvalue weighted by Gasteiger charge is -2.13. The van der Waals surface area contributed by atoms with E-state index in [4.69, 9.17) is 10.5 Å². The van der Waals surface area contributed by atoms with Crippen LogP contribution in [0.3, 0.4) is 0 Å². The van der Waals surface area contributed by atoms with E-state index in [0.717, 1.165) is 0 Å². The summed E-state index contributed by atoms with van der Waals surface area (Å²) in [4.78, 5) is 24.8. The summed E-state index contributed by atoms with van der Waals surface area (Å²) >= 11 is 0. The topological polar surface area (TPSA) is 108 Å². The van der Waals surface area contributed by atoms with Crippen LogP contribution in [-0.4, -0.2) is 38.6 Å². The smallest absolute Gasteiger partial charge is 0.245 e. The molecule has 2 heterocycles. The van der Waals surface area contributed by atoms with Crippen LogP contribution in [0, 0.1) is 5.82 Å². The van der Waals surface area contributed by atoms with Crippen LogP contribution in [0.15, 0.2) is 24.3 Å². The second-order valence-electron chi connectivity index (χ2n) is 5.93. The Labute approximate surface area is 149 Å². The summed E-state index contributed by atoms with van der Waals surface area (Å²) in [5.41, 5.74) is 7.15. The Bertz CT molecular complexity index is 952. The molecule has 0 fully saturated rings. The number of nitrogens with one attached hydrogen (secondary N) is 1. The number of nitrogen functional groups attached to an aromatic ring is 1. The lowest BCUT2D eigenvalue weighted by atomic mass is 10.2. The lowest BCUT2D eigenvalue weighted by molar-refractivity contribution is -0.121. The van der Waals surface area contributed by atoms with Gasteiger partial charge in [0.05, 0.1) is 6.10 Å². The molecule has 0 aliphatic rings. The molecule has 1 amide bonds. The van der Waals surface area contributed by atoms with Crippen LogP contribution < -0.4 is 15.8 Å².